The predicted molar refractivity (Wildman–Crippen MR) is 83.2 cm³/mol. The van der Waals surface area contributed by atoms with E-state index in [0.717, 1.165) is 51.0 Å². The lowest BCUT2D eigenvalue weighted by atomic mass is 10.0. The van der Waals surface area contributed by atoms with Crippen molar-refractivity contribution in [3.63, 3.8) is 0 Å². The summed E-state index contributed by atoms with van der Waals surface area (Å²) >= 11 is 0. The van der Waals surface area contributed by atoms with Crippen molar-refractivity contribution in [1.82, 2.24) is 19.6 Å². The van der Waals surface area contributed by atoms with E-state index in [1.165, 1.54) is 0 Å². The average Bonchev–Trinajstić information content (AvgIpc) is 2.86. The molecule has 0 spiro atoms. The maximum absolute atomic E-state index is 12.4. The first-order valence-electron chi connectivity index (χ1n) is 7.38. The van der Waals surface area contributed by atoms with Crippen LogP contribution in [-0.4, -0.2) is 36.6 Å². The number of imidazole rings is 1. The van der Waals surface area contributed by atoms with Gasteiger partial charge in [-0.1, -0.05) is 0 Å². The highest BCUT2D eigenvalue weighted by Crippen LogP contribution is 2.18. The Hall–Kier alpha value is -0.630. The largest absolute Gasteiger partial charge is 0.333 e. The Morgan fingerprint density at radius 3 is 2.90 bits per heavy atom. The van der Waals surface area contributed by atoms with Gasteiger partial charge in [-0.25, -0.2) is 18.1 Å². The minimum Gasteiger partial charge on any atom is -0.333 e. The first-order valence-corrected chi connectivity index (χ1v) is 8.86. The molecule has 2 N–H and O–H groups in total. The van der Waals surface area contributed by atoms with Crippen molar-refractivity contribution in [3.8, 4) is 0 Å². The van der Waals surface area contributed by atoms with E-state index in [4.69, 9.17) is 0 Å². The number of rotatable bonds is 3. The van der Waals surface area contributed by atoms with E-state index in [0.29, 0.717) is 0 Å². The van der Waals surface area contributed by atoms with Gasteiger partial charge in [0, 0.05) is 31.2 Å². The predicted octanol–water partition coefficient (Wildman–Crippen LogP) is 1.06. The summed E-state index contributed by atoms with van der Waals surface area (Å²) in [7, 11) is -3.51. The van der Waals surface area contributed by atoms with Crippen LogP contribution >= 0.6 is 12.4 Å². The Bertz CT molecular complexity index is 563. The molecular formula is C13H23ClN4O2S. The highest BCUT2D eigenvalue weighted by atomic mass is 35.5. The van der Waals surface area contributed by atoms with E-state index in [2.05, 4.69) is 15.0 Å². The molecule has 120 valence electrons. The van der Waals surface area contributed by atoms with Gasteiger partial charge < -0.3 is 9.88 Å². The summed E-state index contributed by atoms with van der Waals surface area (Å²) in [5.41, 5.74) is 0. The van der Waals surface area contributed by atoms with Crippen LogP contribution < -0.4 is 10.0 Å². The van der Waals surface area contributed by atoms with Crippen LogP contribution in [0.15, 0.2) is 11.2 Å². The van der Waals surface area contributed by atoms with Gasteiger partial charge in [0.05, 0.1) is 0 Å². The molecular weight excluding hydrogens is 312 g/mol. The third-order valence-electron chi connectivity index (χ3n) is 4.23. The van der Waals surface area contributed by atoms with Crippen molar-refractivity contribution in [1.29, 1.82) is 0 Å². The second-order valence-electron chi connectivity index (χ2n) is 5.76. The van der Waals surface area contributed by atoms with E-state index < -0.39 is 10.0 Å². The number of nitrogens with zero attached hydrogens (tertiary/aromatic N) is 2. The van der Waals surface area contributed by atoms with Crippen LogP contribution in [0.2, 0.25) is 0 Å². The quantitative estimate of drug-likeness (QED) is 0.866. The van der Waals surface area contributed by atoms with Crippen molar-refractivity contribution in [2.45, 2.75) is 62.7 Å². The second-order valence-corrected chi connectivity index (χ2v) is 7.42. The molecule has 3 heterocycles. The number of sulfonamides is 1. The van der Waals surface area contributed by atoms with Gasteiger partial charge in [-0.2, -0.15) is 0 Å². The van der Waals surface area contributed by atoms with Crippen molar-refractivity contribution < 1.29 is 8.42 Å². The smallest absolute Gasteiger partial charge is 0.259 e. The number of halogens is 1. The minimum absolute atomic E-state index is 0. The van der Waals surface area contributed by atoms with Gasteiger partial charge in [-0.3, -0.25) is 0 Å². The van der Waals surface area contributed by atoms with Crippen molar-refractivity contribution >= 4 is 22.4 Å². The van der Waals surface area contributed by atoms with Crippen LogP contribution in [0, 0.1) is 0 Å². The van der Waals surface area contributed by atoms with Gasteiger partial charge in [-0.05, 0) is 39.2 Å². The summed E-state index contributed by atoms with van der Waals surface area (Å²) < 4.78 is 29.7. The Balaban J connectivity index is 0.00000161. The summed E-state index contributed by atoms with van der Waals surface area (Å²) in [4.78, 5) is 4.31. The molecule has 1 fully saturated rings. The molecule has 0 radical (unpaired) electrons. The molecule has 2 aliphatic heterocycles. The molecule has 1 saturated heterocycles. The molecule has 2 atom stereocenters. The van der Waals surface area contributed by atoms with Gasteiger partial charge in [-0.15, -0.1) is 12.4 Å². The summed E-state index contributed by atoms with van der Waals surface area (Å²) in [6.45, 7) is 3.85. The molecule has 0 aromatic carbocycles. The molecule has 0 saturated carbocycles. The van der Waals surface area contributed by atoms with Gasteiger partial charge in [0.25, 0.3) is 10.0 Å². The molecule has 1 aromatic rings. The second kappa shape index (κ2) is 6.64. The van der Waals surface area contributed by atoms with Crippen LogP contribution in [-0.2, 0) is 23.0 Å². The lowest BCUT2D eigenvalue weighted by Crippen LogP contribution is -2.51. The fourth-order valence-corrected chi connectivity index (χ4v) is 4.31. The zero-order valence-corrected chi connectivity index (χ0v) is 13.8. The zero-order chi connectivity index (χ0) is 14.2. The van der Waals surface area contributed by atoms with Gasteiger partial charge in [0.1, 0.15) is 5.82 Å². The molecule has 2 aliphatic rings. The highest BCUT2D eigenvalue weighted by molar-refractivity contribution is 7.89. The zero-order valence-electron chi connectivity index (χ0n) is 12.2. The fraction of sp³-hybridized carbons (Fsp3) is 0.769. The standard InChI is InChI=1S/C13H22N4O2S.ClH/c1-10-11(5-4-7-14-10)16-20(18,19)13-9-17-8-3-2-6-12(17)15-13;/h9-11,14,16H,2-8H2,1H3;1H. The molecule has 21 heavy (non-hydrogen) atoms. The molecule has 6 nitrogen and oxygen atoms in total. The third kappa shape index (κ3) is 3.59. The molecule has 3 rings (SSSR count). The van der Waals surface area contributed by atoms with E-state index in [1.54, 1.807) is 6.20 Å². The molecule has 2 unspecified atom stereocenters. The van der Waals surface area contributed by atoms with Crippen molar-refractivity contribution in [2.24, 2.45) is 0 Å². The highest BCUT2D eigenvalue weighted by Gasteiger charge is 2.28. The van der Waals surface area contributed by atoms with Crippen LogP contribution in [0.5, 0.6) is 0 Å². The average molecular weight is 335 g/mol. The number of fused-ring (bicyclic) bond motifs is 1. The summed E-state index contributed by atoms with van der Waals surface area (Å²) in [5, 5.41) is 3.48. The molecule has 0 bridgehead atoms. The lowest BCUT2D eigenvalue weighted by Gasteiger charge is -2.30. The maximum atomic E-state index is 12.4. The van der Waals surface area contributed by atoms with Crippen LogP contribution in [0.25, 0.3) is 0 Å². The molecule has 1 aromatic heterocycles. The third-order valence-corrected chi connectivity index (χ3v) is 5.59. The van der Waals surface area contributed by atoms with Crippen LogP contribution in [0.3, 0.4) is 0 Å². The van der Waals surface area contributed by atoms with E-state index in [9.17, 15) is 8.42 Å². The molecule has 0 aliphatic carbocycles. The Morgan fingerprint density at radius 1 is 1.38 bits per heavy atom. The van der Waals surface area contributed by atoms with Crippen LogP contribution in [0.1, 0.15) is 38.4 Å². The van der Waals surface area contributed by atoms with Gasteiger partial charge >= 0.3 is 0 Å². The van der Waals surface area contributed by atoms with Gasteiger partial charge in [0.15, 0.2) is 5.03 Å². The number of aromatic nitrogens is 2. The number of hydrogen-bond donors (Lipinski definition) is 2. The SMILES string of the molecule is CC1NCCCC1NS(=O)(=O)c1cn2c(n1)CCCC2.Cl. The first kappa shape index (κ1) is 16.7. The normalized spacial score (nSPS) is 26.0. The number of hydrogen-bond acceptors (Lipinski definition) is 4. The number of aryl methyl sites for hydroxylation is 2. The minimum atomic E-state index is -3.51. The van der Waals surface area contributed by atoms with Crippen molar-refractivity contribution in [3.05, 3.63) is 12.0 Å². The Kier molecular flexibility index (Phi) is 5.29. The molecule has 0 amide bonds. The van der Waals surface area contributed by atoms with Crippen LogP contribution in [0.4, 0.5) is 0 Å². The maximum Gasteiger partial charge on any atom is 0.259 e. The summed E-state index contributed by atoms with van der Waals surface area (Å²) in [6.07, 6.45) is 6.61. The number of nitrogens with one attached hydrogen (secondary N) is 2. The first-order chi connectivity index (χ1) is 9.56. The molecule has 8 heteroatoms. The van der Waals surface area contributed by atoms with E-state index in [1.807, 2.05) is 11.5 Å². The summed E-state index contributed by atoms with van der Waals surface area (Å²) in [5.74, 6) is 0.895. The monoisotopic (exact) mass is 334 g/mol. The van der Waals surface area contributed by atoms with E-state index in [-0.39, 0.29) is 29.5 Å². The Morgan fingerprint density at radius 2 is 2.19 bits per heavy atom. The fourth-order valence-electron chi connectivity index (χ4n) is 2.98. The van der Waals surface area contributed by atoms with Crippen molar-refractivity contribution in [2.75, 3.05) is 6.54 Å². The summed E-state index contributed by atoms with van der Waals surface area (Å²) in [6, 6.07) is 0.114. The van der Waals surface area contributed by atoms with Gasteiger partial charge in [0.2, 0.25) is 0 Å². The van der Waals surface area contributed by atoms with E-state index >= 15 is 0 Å². The lowest BCUT2D eigenvalue weighted by molar-refractivity contribution is 0.348. The topological polar surface area (TPSA) is 76.0 Å². The Labute approximate surface area is 132 Å². The number of piperidine rings is 1.